The van der Waals surface area contributed by atoms with E-state index in [1.165, 1.54) is 0 Å². The van der Waals surface area contributed by atoms with Crippen molar-refractivity contribution < 1.29 is 22.7 Å². The topological polar surface area (TPSA) is 33.4 Å². The summed E-state index contributed by atoms with van der Waals surface area (Å²) in [5, 5.41) is 10.2. The average Bonchev–Trinajstić information content (AvgIpc) is 2.51. The monoisotopic (exact) mass is 270 g/mol. The Labute approximate surface area is 108 Å². The highest BCUT2D eigenvalue weighted by molar-refractivity contribution is 5.40. The van der Waals surface area contributed by atoms with Crippen LogP contribution in [0.15, 0.2) is 16.5 Å². The van der Waals surface area contributed by atoms with Gasteiger partial charge in [-0.15, -0.1) is 0 Å². The van der Waals surface area contributed by atoms with Crippen LogP contribution in [-0.4, -0.2) is 5.11 Å². The quantitative estimate of drug-likeness (QED) is 0.902. The number of halogens is 3. The lowest BCUT2D eigenvalue weighted by atomic mass is 9.97. The summed E-state index contributed by atoms with van der Waals surface area (Å²) in [6.45, 7) is 4.97. The highest BCUT2D eigenvalue weighted by Gasteiger charge is 2.26. The summed E-state index contributed by atoms with van der Waals surface area (Å²) in [4.78, 5) is 0. The first-order chi connectivity index (χ1) is 8.82. The molecule has 2 nitrogen and oxygen atoms in total. The molecule has 0 radical (unpaired) electrons. The van der Waals surface area contributed by atoms with E-state index in [1.807, 2.05) is 0 Å². The van der Waals surface area contributed by atoms with Crippen molar-refractivity contribution in [3.8, 4) is 0 Å². The first-order valence-corrected chi connectivity index (χ1v) is 5.72. The zero-order valence-electron chi connectivity index (χ0n) is 10.7. The van der Waals surface area contributed by atoms with Gasteiger partial charge in [-0.05, 0) is 26.3 Å². The molecule has 0 spiro atoms. The van der Waals surface area contributed by atoms with Crippen LogP contribution in [-0.2, 0) is 0 Å². The summed E-state index contributed by atoms with van der Waals surface area (Å²) < 4.78 is 45.5. The Hall–Kier alpha value is -1.75. The summed E-state index contributed by atoms with van der Waals surface area (Å²) in [6.07, 6.45) is -1.53. The van der Waals surface area contributed by atoms with Crippen LogP contribution in [0.3, 0.4) is 0 Å². The smallest absolute Gasteiger partial charge is 0.135 e. The lowest BCUT2D eigenvalue weighted by Crippen LogP contribution is -2.08. The predicted octanol–water partition coefficient (Wildman–Crippen LogP) is 3.70. The Morgan fingerprint density at radius 1 is 0.947 bits per heavy atom. The van der Waals surface area contributed by atoms with E-state index in [-0.39, 0.29) is 0 Å². The molecule has 1 aromatic carbocycles. The van der Waals surface area contributed by atoms with Crippen LogP contribution in [0.5, 0.6) is 0 Å². The van der Waals surface area contributed by atoms with Gasteiger partial charge in [0, 0.05) is 17.7 Å². The van der Waals surface area contributed by atoms with Crippen molar-refractivity contribution in [2.45, 2.75) is 26.9 Å². The van der Waals surface area contributed by atoms with E-state index in [4.69, 9.17) is 4.42 Å². The number of aryl methyl sites for hydroxylation is 2. The number of furan rings is 1. The molecule has 0 saturated carbocycles. The minimum atomic E-state index is -1.53. The second-order valence-corrected chi connectivity index (χ2v) is 4.44. The van der Waals surface area contributed by atoms with E-state index in [0.717, 1.165) is 0 Å². The van der Waals surface area contributed by atoms with Crippen LogP contribution in [0.4, 0.5) is 13.2 Å². The number of aliphatic hydroxyl groups is 1. The number of aliphatic hydroxyl groups excluding tert-OH is 1. The zero-order chi connectivity index (χ0) is 14.3. The minimum Gasteiger partial charge on any atom is -0.466 e. The van der Waals surface area contributed by atoms with E-state index in [1.54, 1.807) is 20.8 Å². The Balaban J connectivity index is 2.59. The molecule has 2 rings (SSSR count). The molecular formula is C14H13F3O2. The van der Waals surface area contributed by atoms with Gasteiger partial charge in [0.05, 0.1) is 5.56 Å². The highest BCUT2D eigenvalue weighted by Crippen LogP contribution is 2.34. The molecule has 0 saturated heterocycles. The number of benzene rings is 1. The van der Waals surface area contributed by atoms with E-state index in [0.29, 0.717) is 34.8 Å². The fourth-order valence-electron chi connectivity index (χ4n) is 2.17. The number of hydrogen-bond acceptors (Lipinski definition) is 2. The second kappa shape index (κ2) is 4.74. The SMILES string of the molecule is Cc1oc(C)c(C(O)c2c(F)cc(F)cc2F)c1C. The molecule has 1 N–H and O–H groups in total. The summed E-state index contributed by atoms with van der Waals surface area (Å²) in [5.74, 6) is -2.33. The van der Waals surface area contributed by atoms with Crippen molar-refractivity contribution in [2.24, 2.45) is 0 Å². The predicted molar refractivity (Wildman–Crippen MR) is 63.3 cm³/mol. The molecule has 1 unspecified atom stereocenters. The van der Waals surface area contributed by atoms with Gasteiger partial charge in [-0.2, -0.15) is 0 Å². The minimum absolute atomic E-state index is 0.307. The van der Waals surface area contributed by atoms with Crippen LogP contribution in [0, 0.1) is 38.2 Å². The summed E-state index contributed by atoms with van der Waals surface area (Å²) in [7, 11) is 0. The Morgan fingerprint density at radius 3 is 1.89 bits per heavy atom. The van der Waals surface area contributed by atoms with Gasteiger partial charge in [-0.1, -0.05) is 0 Å². The summed E-state index contributed by atoms with van der Waals surface area (Å²) in [5.41, 5.74) is 0.350. The molecular weight excluding hydrogens is 257 g/mol. The third-order valence-electron chi connectivity index (χ3n) is 3.21. The number of hydrogen-bond donors (Lipinski definition) is 1. The highest BCUT2D eigenvalue weighted by atomic mass is 19.1. The first-order valence-electron chi connectivity index (χ1n) is 5.72. The molecule has 0 aliphatic rings. The van der Waals surface area contributed by atoms with Gasteiger partial charge in [0.25, 0.3) is 0 Å². The molecule has 1 heterocycles. The molecule has 0 bridgehead atoms. The molecule has 102 valence electrons. The molecule has 0 aliphatic carbocycles. The fourth-order valence-corrected chi connectivity index (χ4v) is 2.17. The van der Waals surface area contributed by atoms with E-state index in [9.17, 15) is 18.3 Å². The van der Waals surface area contributed by atoms with Crippen molar-refractivity contribution in [2.75, 3.05) is 0 Å². The number of rotatable bonds is 2. The van der Waals surface area contributed by atoms with E-state index >= 15 is 0 Å². The molecule has 0 amide bonds. The Morgan fingerprint density at radius 2 is 1.47 bits per heavy atom. The molecule has 0 fully saturated rings. The standard InChI is InChI=1S/C14H13F3O2/c1-6-7(2)19-8(3)12(6)14(18)13-10(16)4-9(15)5-11(13)17/h4-5,14,18H,1-3H3. The van der Waals surface area contributed by atoms with Crippen LogP contribution in [0.1, 0.15) is 34.3 Å². The van der Waals surface area contributed by atoms with Crippen LogP contribution in [0.2, 0.25) is 0 Å². The first kappa shape index (κ1) is 13.7. The van der Waals surface area contributed by atoms with Crippen LogP contribution in [0.25, 0.3) is 0 Å². The lowest BCUT2D eigenvalue weighted by molar-refractivity contribution is 0.206. The van der Waals surface area contributed by atoms with Gasteiger partial charge < -0.3 is 9.52 Å². The van der Waals surface area contributed by atoms with Gasteiger partial charge in [-0.3, -0.25) is 0 Å². The maximum absolute atomic E-state index is 13.6. The van der Waals surface area contributed by atoms with Crippen molar-refractivity contribution >= 4 is 0 Å². The summed E-state index contributed by atoms with van der Waals surface area (Å²) >= 11 is 0. The third-order valence-corrected chi connectivity index (χ3v) is 3.21. The molecule has 5 heteroatoms. The molecule has 1 atom stereocenters. The Kier molecular flexibility index (Phi) is 3.41. The van der Waals surface area contributed by atoms with E-state index < -0.39 is 29.1 Å². The van der Waals surface area contributed by atoms with Crippen molar-refractivity contribution in [3.63, 3.8) is 0 Å². The molecule has 19 heavy (non-hydrogen) atoms. The van der Waals surface area contributed by atoms with Crippen LogP contribution < -0.4 is 0 Å². The van der Waals surface area contributed by atoms with Crippen molar-refractivity contribution in [1.29, 1.82) is 0 Å². The molecule has 1 aromatic heterocycles. The summed E-state index contributed by atoms with van der Waals surface area (Å²) in [6, 6.07) is 1.08. The van der Waals surface area contributed by atoms with Gasteiger partial charge in [0.2, 0.25) is 0 Å². The van der Waals surface area contributed by atoms with E-state index in [2.05, 4.69) is 0 Å². The maximum atomic E-state index is 13.6. The van der Waals surface area contributed by atoms with Gasteiger partial charge >= 0.3 is 0 Å². The second-order valence-electron chi connectivity index (χ2n) is 4.44. The lowest BCUT2D eigenvalue weighted by Gasteiger charge is -2.13. The van der Waals surface area contributed by atoms with Crippen LogP contribution >= 0.6 is 0 Å². The van der Waals surface area contributed by atoms with Crippen molar-refractivity contribution in [3.05, 3.63) is 57.8 Å². The fraction of sp³-hybridized carbons (Fsp3) is 0.286. The normalized spacial score (nSPS) is 12.8. The van der Waals surface area contributed by atoms with Crippen molar-refractivity contribution in [1.82, 2.24) is 0 Å². The zero-order valence-corrected chi connectivity index (χ0v) is 10.7. The van der Waals surface area contributed by atoms with Gasteiger partial charge in [0.15, 0.2) is 0 Å². The molecule has 2 aromatic rings. The average molecular weight is 270 g/mol. The molecule has 0 aliphatic heterocycles. The largest absolute Gasteiger partial charge is 0.466 e. The van der Waals surface area contributed by atoms with Gasteiger partial charge in [-0.25, -0.2) is 13.2 Å². The van der Waals surface area contributed by atoms with Gasteiger partial charge in [0.1, 0.15) is 35.1 Å². The third kappa shape index (κ3) is 2.26. The maximum Gasteiger partial charge on any atom is 0.135 e. The Bertz CT molecular complexity index is 609.